The molecule has 6 heteroatoms. The second-order valence-electron chi connectivity index (χ2n) is 8.13. The van der Waals surface area contributed by atoms with Crippen LogP contribution < -0.4 is 5.63 Å². The highest BCUT2D eigenvalue weighted by molar-refractivity contribution is 5.81. The third-order valence-corrected chi connectivity index (χ3v) is 5.90. The van der Waals surface area contributed by atoms with E-state index in [-0.39, 0.29) is 17.5 Å². The zero-order chi connectivity index (χ0) is 20.4. The fraction of sp³-hybridized carbons (Fsp3) is 0.545. The number of likely N-dealkylation sites (N-methyl/N-ethyl adjacent to an activating group) is 1. The van der Waals surface area contributed by atoms with Gasteiger partial charge in [-0.25, -0.2) is 4.79 Å². The number of benzene rings is 1. The Labute approximate surface area is 166 Å². The maximum absolute atomic E-state index is 12.2. The van der Waals surface area contributed by atoms with Crippen molar-refractivity contribution in [3.63, 3.8) is 0 Å². The Kier molecular flexibility index (Phi) is 6.20. The summed E-state index contributed by atoms with van der Waals surface area (Å²) < 4.78 is 10.4. The molecule has 2 aromatic rings. The lowest BCUT2D eigenvalue weighted by Gasteiger charge is -2.29. The highest BCUT2D eigenvalue weighted by atomic mass is 16.5. The van der Waals surface area contributed by atoms with Crippen LogP contribution in [-0.2, 0) is 16.1 Å². The molecule has 1 aliphatic heterocycles. The highest BCUT2D eigenvalue weighted by Gasteiger charge is 2.30. The molecule has 3 rings (SSSR count). The predicted octanol–water partition coefficient (Wildman–Crippen LogP) is 2.73. The van der Waals surface area contributed by atoms with E-state index in [1.807, 2.05) is 13.0 Å². The summed E-state index contributed by atoms with van der Waals surface area (Å²) in [7, 11) is 5.59. The molecule has 0 bridgehead atoms. The minimum atomic E-state index is -0.339. The van der Waals surface area contributed by atoms with Crippen molar-refractivity contribution in [1.82, 2.24) is 9.80 Å². The van der Waals surface area contributed by atoms with E-state index in [1.165, 1.54) is 7.11 Å². The van der Waals surface area contributed by atoms with Gasteiger partial charge in [-0.3, -0.25) is 9.69 Å². The minimum Gasteiger partial charge on any atom is -0.469 e. The van der Waals surface area contributed by atoms with Crippen molar-refractivity contribution in [2.24, 2.45) is 5.92 Å². The van der Waals surface area contributed by atoms with Gasteiger partial charge >= 0.3 is 11.6 Å². The van der Waals surface area contributed by atoms with E-state index in [2.05, 4.69) is 36.9 Å². The Bertz CT molecular complexity index is 919. The third kappa shape index (κ3) is 4.45. The topological polar surface area (TPSA) is 63.0 Å². The number of hydrogen-bond donors (Lipinski definition) is 0. The van der Waals surface area contributed by atoms with E-state index in [0.29, 0.717) is 24.7 Å². The second kappa shape index (κ2) is 8.45. The largest absolute Gasteiger partial charge is 0.469 e. The first kappa shape index (κ1) is 20.6. The normalized spacial score (nSPS) is 21.1. The molecule has 0 aliphatic carbocycles. The molecular weight excluding hydrogens is 356 g/mol. The van der Waals surface area contributed by atoms with E-state index >= 15 is 0 Å². The first-order chi connectivity index (χ1) is 13.3. The number of likely N-dealkylation sites (tertiary alicyclic amines) is 1. The molecule has 2 atom stereocenters. The Balaban J connectivity index is 1.96. The van der Waals surface area contributed by atoms with Gasteiger partial charge < -0.3 is 14.1 Å². The number of fused-ring (bicyclic) bond motifs is 1. The summed E-state index contributed by atoms with van der Waals surface area (Å²) >= 11 is 0. The zero-order valence-electron chi connectivity index (χ0n) is 17.4. The van der Waals surface area contributed by atoms with Crippen molar-refractivity contribution in [2.45, 2.75) is 39.3 Å². The molecule has 2 heterocycles. The molecule has 0 saturated carbocycles. The maximum atomic E-state index is 12.2. The fourth-order valence-electron chi connectivity index (χ4n) is 4.02. The zero-order valence-corrected chi connectivity index (χ0v) is 17.4. The standard InChI is InChI=1S/C22H30N2O4/c1-14-8-19-17(10-21(25)28-20(19)9-15(14)2)12-24-11-16(22(26)27-5)6-7-18(13-24)23(3)4/h8-10,16,18H,6-7,11-13H2,1-5H3/t16-,18+/m0/s1. The van der Waals surface area contributed by atoms with Crippen LogP contribution in [0, 0.1) is 19.8 Å². The average molecular weight is 386 g/mol. The Morgan fingerprint density at radius 2 is 1.89 bits per heavy atom. The maximum Gasteiger partial charge on any atom is 0.336 e. The summed E-state index contributed by atoms with van der Waals surface area (Å²) in [5.74, 6) is -0.307. The van der Waals surface area contributed by atoms with Crippen molar-refractivity contribution in [2.75, 3.05) is 34.3 Å². The molecule has 0 N–H and O–H groups in total. The van der Waals surface area contributed by atoms with Crippen molar-refractivity contribution in [1.29, 1.82) is 0 Å². The first-order valence-corrected chi connectivity index (χ1v) is 9.79. The Hall–Kier alpha value is -2.18. The summed E-state index contributed by atoms with van der Waals surface area (Å²) in [6.07, 6.45) is 1.75. The van der Waals surface area contributed by atoms with E-state index in [0.717, 1.165) is 41.5 Å². The van der Waals surface area contributed by atoms with Crippen LogP contribution in [0.5, 0.6) is 0 Å². The fourth-order valence-corrected chi connectivity index (χ4v) is 4.02. The molecule has 0 spiro atoms. The first-order valence-electron chi connectivity index (χ1n) is 9.79. The lowest BCUT2D eigenvalue weighted by atomic mass is 10.0. The minimum absolute atomic E-state index is 0.148. The summed E-state index contributed by atoms with van der Waals surface area (Å²) in [4.78, 5) is 28.8. The smallest absolute Gasteiger partial charge is 0.336 e. The quantitative estimate of drug-likeness (QED) is 0.595. The number of carbonyl (C=O) groups excluding carboxylic acids is 1. The van der Waals surface area contributed by atoms with Crippen LogP contribution in [0.25, 0.3) is 11.0 Å². The van der Waals surface area contributed by atoms with Crippen LogP contribution in [0.2, 0.25) is 0 Å². The number of aryl methyl sites for hydroxylation is 2. The summed E-state index contributed by atoms with van der Waals surface area (Å²) in [5, 5.41) is 0.961. The summed E-state index contributed by atoms with van der Waals surface area (Å²) in [6, 6.07) is 5.95. The number of ether oxygens (including phenoxy) is 1. The molecular formula is C22H30N2O4. The molecule has 28 heavy (non-hydrogen) atoms. The highest BCUT2D eigenvalue weighted by Crippen LogP contribution is 2.26. The molecule has 152 valence electrons. The lowest BCUT2D eigenvalue weighted by Crippen LogP contribution is -2.39. The van der Waals surface area contributed by atoms with Crippen molar-refractivity contribution in [3.8, 4) is 0 Å². The van der Waals surface area contributed by atoms with Crippen LogP contribution in [0.4, 0.5) is 0 Å². The third-order valence-electron chi connectivity index (χ3n) is 5.90. The van der Waals surface area contributed by atoms with Crippen molar-refractivity contribution >= 4 is 16.9 Å². The molecule has 0 radical (unpaired) electrons. The van der Waals surface area contributed by atoms with Gasteiger partial charge in [0.25, 0.3) is 0 Å². The van der Waals surface area contributed by atoms with Crippen LogP contribution in [0.1, 0.15) is 29.5 Å². The number of methoxy groups -OCH3 is 1. The van der Waals surface area contributed by atoms with E-state index < -0.39 is 0 Å². The molecule has 1 fully saturated rings. The van der Waals surface area contributed by atoms with Crippen LogP contribution in [0.3, 0.4) is 0 Å². The van der Waals surface area contributed by atoms with Gasteiger partial charge in [0.2, 0.25) is 0 Å². The molecule has 6 nitrogen and oxygen atoms in total. The van der Waals surface area contributed by atoms with Gasteiger partial charge in [0, 0.05) is 37.1 Å². The van der Waals surface area contributed by atoms with Gasteiger partial charge in [-0.05, 0) is 69.6 Å². The lowest BCUT2D eigenvalue weighted by molar-refractivity contribution is -0.146. The molecule has 1 aliphatic rings. The van der Waals surface area contributed by atoms with Crippen molar-refractivity contribution in [3.05, 3.63) is 45.3 Å². The number of nitrogens with zero attached hydrogens (tertiary/aromatic N) is 2. The van der Waals surface area contributed by atoms with Crippen molar-refractivity contribution < 1.29 is 13.9 Å². The van der Waals surface area contributed by atoms with Gasteiger partial charge in [0.05, 0.1) is 13.0 Å². The van der Waals surface area contributed by atoms with E-state index in [9.17, 15) is 9.59 Å². The molecule has 1 saturated heterocycles. The van der Waals surface area contributed by atoms with E-state index in [1.54, 1.807) is 6.07 Å². The van der Waals surface area contributed by atoms with E-state index in [4.69, 9.17) is 9.15 Å². The average Bonchev–Trinajstić information content (AvgIpc) is 2.85. The Morgan fingerprint density at radius 1 is 1.18 bits per heavy atom. The van der Waals surface area contributed by atoms with Crippen LogP contribution in [0.15, 0.2) is 27.4 Å². The van der Waals surface area contributed by atoms with Crippen LogP contribution in [-0.4, -0.2) is 56.1 Å². The van der Waals surface area contributed by atoms with Gasteiger partial charge in [-0.15, -0.1) is 0 Å². The number of rotatable bonds is 4. The van der Waals surface area contributed by atoms with Gasteiger partial charge in [0.15, 0.2) is 0 Å². The number of hydrogen-bond acceptors (Lipinski definition) is 6. The summed E-state index contributed by atoms with van der Waals surface area (Å²) in [5.41, 5.74) is 3.48. The van der Waals surface area contributed by atoms with Gasteiger partial charge in [0.1, 0.15) is 5.58 Å². The molecule has 0 amide bonds. The van der Waals surface area contributed by atoms with Gasteiger partial charge in [-0.2, -0.15) is 0 Å². The molecule has 0 unspecified atom stereocenters. The predicted molar refractivity (Wildman–Crippen MR) is 109 cm³/mol. The number of carbonyl (C=O) groups is 1. The monoisotopic (exact) mass is 386 g/mol. The SMILES string of the molecule is COC(=O)[C@H]1CC[C@@H](N(C)C)CN(Cc2cc(=O)oc3cc(C)c(C)cc23)C1. The van der Waals surface area contributed by atoms with Gasteiger partial charge in [-0.1, -0.05) is 0 Å². The number of esters is 1. The molecule has 1 aromatic carbocycles. The summed E-state index contributed by atoms with van der Waals surface area (Å²) in [6.45, 7) is 6.14. The second-order valence-corrected chi connectivity index (χ2v) is 8.13. The van der Waals surface area contributed by atoms with Crippen LogP contribution >= 0.6 is 0 Å². The molecule has 1 aromatic heterocycles. The Morgan fingerprint density at radius 3 is 2.57 bits per heavy atom.